The lowest BCUT2D eigenvalue weighted by atomic mass is 10.1. The fraction of sp³-hybridized carbons (Fsp3) is 0.588. The minimum atomic E-state index is -1.16. The highest BCUT2D eigenvalue weighted by atomic mass is 19.1. The number of nitrogens with one attached hydrogen (secondary N) is 3. The molecule has 6 N–H and O–H groups in total. The zero-order valence-corrected chi connectivity index (χ0v) is 31.8. The average Bonchev–Trinajstić information content (AvgIpc) is 3.60. The number of aromatic carboxylic acids is 1. The second kappa shape index (κ2) is 20.1. The number of aromatic nitrogens is 4. The van der Waals surface area contributed by atoms with E-state index < -0.39 is 29.4 Å². The highest BCUT2D eigenvalue weighted by molar-refractivity contribution is 5.92. The quantitative estimate of drug-likeness (QED) is 0.208. The van der Waals surface area contributed by atoms with Crippen molar-refractivity contribution in [2.24, 2.45) is 5.73 Å². The second-order valence-electron chi connectivity index (χ2n) is 15.4. The summed E-state index contributed by atoms with van der Waals surface area (Å²) in [6.07, 6.45) is 2.47. The van der Waals surface area contributed by atoms with Crippen molar-refractivity contribution in [3.05, 3.63) is 59.7 Å². The van der Waals surface area contributed by atoms with Crippen LogP contribution in [0.1, 0.15) is 104 Å². The molecule has 15 nitrogen and oxygen atoms in total. The van der Waals surface area contributed by atoms with Crippen LogP contribution in [-0.4, -0.2) is 84.1 Å². The van der Waals surface area contributed by atoms with Gasteiger partial charge in [-0.3, -0.25) is 14.2 Å². The summed E-state index contributed by atoms with van der Waals surface area (Å²) in [6.45, 7) is 21.9. The van der Waals surface area contributed by atoms with Gasteiger partial charge in [0.2, 0.25) is 0 Å². The molecule has 0 aliphatic carbocycles. The number of carbonyl (C=O) groups excluding carboxylic acids is 3. The van der Waals surface area contributed by atoms with Crippen LogP contribution in [-0.2, 0) is 22.6 Å². The van der Waals surface area contributed by atoms with Gasteiger partial charge in [-0.05, 0) is 106 Å². The number of carboxylic acid groups (broad SMARTS) is 1. The van der Waals surface area contributed by atoms with Gasteiger partial charge in [0.05, 0.1) is 25.7 Å². The van der Waals surface area contributed by atoms with Crippen molar-refractivity contribution in [2.75, 3.05) is 13.1 Å². The first kappa shape index (κ1) is 46.2. The molecule has 2 rings (SSSR count). The number of alkyl carbamates (subject to hydrolysis) is 2. The number of halogens is 2. The van der Waals surface area contributed by atoms with Gasteiger partial charge in [-0.15, -0.1) is 0 Å². The average molecular weight is 727 g/mol. The molecule has 0 saturated heterocycles. The van der Waals surface area contributed by atoms with E-state index in [-0.39, 0.29) is 65.7 Å². The van der Waals surface area contributed by atoms with E-state index in [2.05, 4.69) is 26.1 Å². The van der Waals surface area contributed by atoms with Crippen LogP contribution in [0.3, 0.4) is 0 Å². The maximum atomic E-state index is 13.0. The summed E-state index contributed by atoms with van der Waals surface area (Å²) in [5.74, 6) is -1.46. The lowest BCUT2D eigenvalue weighted by Gasteiger charge is -2.20. The Morgan fingerprint density at radius 1 is 0.745 bits per heavy atom. The molecule has 2 aromatic rings. The molecular weight excluding hydrogens is 670 g/mol. The number of hydrogen-bond donors (Lipinski definition) is 5. The van der Waals surface area contributed by atoms with Crippen LogP contribution in [0.15, 0.2) is 48.3 Å². The van der Waals surface area contributed by atoms with Gasteiger partial charge in [0.25, 0.3) is 5.91 Å². The SMILES string of the molecule is CC(C)(C)N.CC(C)(C)NC(=O)c1ccn(C/C(=C/F)CNC(=O)OC(C)(C)C)n1.CC(C)(C)OC(=O)NC/C(=C\F)Cn1ccc(C(=O)O)n1. The van der Waals surface area contributed by atoms with E-state index in [9.17, 15) is 28.0 Å². The van der Waals surface area contributed by atoms with Gasteiger partial charge in [-0.25, -0.2) is 23.2 Å². The lowest BCUT2D eigenvalue weighted by Crippen LogP contribution is -2.40. The Kier molecular flexibility index (Phi) is 18.3. The zero-order valence-electron chi connectivity index (χ0n) is 31.8. The normalized spacial score (nSPS) is 12.4. The molecule has 51 heavy (non-hydrogen) atoms. The summed E-state index contributed by atoms with van der Waals surface area (Å²) in [5, 5.41) is 24.3. The molecular formula is C34H56F2N8O7. The highest BCUT2D eigenvalue weighted by Gasteiger charge is 2.19. The first-order valence-corrected chi connectivity index (χ1v) is 16.0. The molecule has 288 valence electrons. The largest absolute Gasteiger partial charge is 0.476 e. The third kappa shape index (κ3) is 24.9. The van der Waals surface area contributed by atoms with Crippen LogP contribution < -0.4 is 21.7 Å². The van der Waals surface area contributed by atoms with E-state index >= 15 is 0 Å². The Morgan fingerprint density at radius 3 is 1.39 bits per heavy atom. The molecule has 0 saturated carbocycles. The van der Waals surface area contributed by atoms with Crippen LogP contribution in [0.2, 0.25) is 0 Å². The van der Waals surface area contributed by atoms with Crippen molar-refractivity contribution < 1.29 is 42.5 Å². The fourth-order valence-electron chi connectivity index (χ4n) is 3.21. The lowest BCUT2D eigenvalue weighted by molar-refractivity contribution is 0.0520. The van der Waals surface area contributed by atoms with Gasteiger partial charge in [0.1, 0.15) is 16.9 Å². The van der Waals surface area contributed by atoms with Gasteiger partial charge in [0, 0.05) is 36.6 Å². The van der Waals surface area contributed by atoms with E-state index in [1.54, 1.807) is 53.8 Å². The number of rotatable bonds is 10. The molecule has 0 bridgehead atoms. The molecule has 17 heteroatoms. The van der Waals surface area contributed by atoms with Gasteiger partial charge in [-0.2, -0.15) is 10.2 Å². The van der Waals surface area contributed by atoms with Crippen LogP contribution in [0, 0.1) is 0 Å². The molecule has 0 fully saturated rings. The van der Waals surface area contributed by atoms with E-state index in [1.165, 1.54) is 21.6 Å². The molecule has 0 aliphatic heterocycles. The summed E-state index contributed by atoms with van der Waals surface area (Å²) in [5.41, 5.74) is 4.34. The van der Waals surface area contributed by atoms with E-state index in [0.29, 0.717) is 12.7 Å². The van der Waals surface area contributed by atoms with Gasteiger partial charge >= 0.3 is 18.2 Å². The molecule has 0 atom stereocenters. The summed E-state index contributed by atoms with van der Waals surface area (Å²) in [7, 11) is 0. The monoisotopic (exact) mass is 726 g/mol. The predicted molar refractivity (Wildman–Crippen MR) is 189 cm³/mol. The van der Waals surface area contributed by atoms with Crippen molar-refractivity contribution in [1.82, 2.24) is 35.5 Å². The zero-order chi connectivity index (χ0) is 39.8. The number of nitrogens with two attached hydrogens (primary N) is 1. The second-order valence-corrected chi connectivity index (χ2v) is 15.4. The van der Waals surface area contributed by atoms with E-state index in [0.717, 1.165) is 0 Å². The van der Waals surface area contributed by atoms with Crippen molar-refractivity contribution in [3.63, 3.8) is 0 Å². The van der Waals surface area contributed by atoms with E-state index in [4.69, 9.17) is 20.3 Å². The predicted octanol–water partition coefficient (Wildman–Crippen LogP) is 5.49. The van der Waals surface area contributed by atoms with Crippen molar-refractivity contribution in [2.45, 2.75) is 118 Å². The van der Waals surface area contributed by atoms with Crippen molar-refractivity contribution in [3.8, 4) is 0 Å². The molecule has 0 aliphatic rings. The summed E-state index contributed by atoms with van der Waals surface area (Å²) in [6, 6.07) is 2.86. The summed E-state index contributed by atoms with van der Waals surface area (Å²) >= 11 is 0. The van der Waals surface area contributed by atoms with Gasteiger partial charge in [-0.1, -0.05) is 0 Å². The molecule has 0 radical (unpaired) electrons. The third-order valence-corrected chi connectivity index (χ3v) is 4.98. The maximum absolute atomic E-state index is 13.0. The molecule has 0 unspecified atom stereocenters. The highest BCUT2D eigenvalue weighted by Crippen LogP contribution is 2.09. The van der Waals surface area contributed by atoms with Crippen molar-refractivity contribution in [1.29, 1.82) is 0 Å². The molecule has 0 spiro atoms. The number of nitrogens with zero attached hydrogens (tertiary/aromatic N) is 4. The van der Waals surface area contributed by atoms with Crippen LogP contribution >= 0.6 is 0 Å². The summed E-state index contributed by atoms with van der Waals surface area (Å²) < 4.78 is 38.6. The Labute approximate surface area is 299 Å². The Morgan fingerprint density at radius 2 is 1.10 bits per heavy atom. The topological polar surface area (TPSA) is 205 Å². The minimum Gasteiger partial charge on any atom is -0.476 e. The fourth-order valence-corrected chi connectivity index (χ4v) is 3.21. The Bertz CT molecular complexity index is 1480. The third-order valence-electron chi connectivity index (χ3n) is 4.98. The molecule has 2 aromatic heterocycles. The number of amides is 3. The van der Waals surface area contributed by atoms with Gasteiger partial charge in [0.15, 0.2) is 5.69 Å². The van der Waals surface area contributed by atoms with E-state index in [1.807, 2.05) is 41.5 Å². The smallest absolute Gasteiger partial charge is 0.407 e. The Balaban J connectivity index is 0.000000874. The van der Waals surface area contributed by atoms with Crippen LogP contribution in [0.25, 0.3) is 0 Å². The molecule has 2 heterocycles. The Hall–Kier alpha value is -4.80. The van der Waals surface area contributed by atoms with Crippen LogP contribution in [0.4, 0.5) is 18.4 Å². The first-order valence-electron chi connectivity index (χ1n) is 16.0. The standard InChI is InChI=1S/C17H27FN4O3.C13H18FN3O4.C4H11N/c1-16(2,3)20-14(23)13-7-8-22(21-13)11-12(9-18)10-19-15(24)25-17(4,5)6;1-13(2,3)21-12(20)15-7-9(6-14)8-17-5-4-10(16-17)11(18)19;1-4(2,3)5/h7-9H,10-11H2,1-6H3,(H,19,24)(H,20,23);4-6H,7-8H2,1-3H3,(H,15,20)(H,18,19);5H2,1-3H3/b12-9+;9-6+;. The number of hydrogen-bond acceptors (Lipinski definition) is 9. The first-order chi connectivity index (χ1) is 23.1. The van der Waals surface area contributed by atoms with Crippen molar-refractivity contribution >= 4 is 24.1 Å². The number of carboxylic acids is 1. The number of carbonyl (C=O) groups is 4. The number of ether oxygens (including phenoxy) is 2. The minimum absolute atomic E-state index is 0. The van der Waals surface area contributed by atoms with Crippen LogP contribution in [0.5, 0.6) is 0 Å². The summed E-state index contributed by atoms with van der Waals surface area (Å²) in [4.78, 5) is 45.7. The maximum Gasteiger partial charge on any atom is 0.407 e. The molecule has 0 aromatic carbocycles. The molecule has 3 amide bonds. The van der Waals surface area contributed by atoms with Gasteiger partial charge < -0.3 is 36.3 Å².